The van der Waals surface area contributed by atoms with Crippen molar-refractivity contribution in [2.24, 2.45) is 5.73 Å². The lowest BCUT2D eigenvalue weighted by atomic mass is 10.3. The van der Waals surface area contributed by atoms with E-state index in [0.717, 1.165) is 14.7 Å². The Labute approximate surface area is 138 Å². The van der Waals surface area contributed by atoms with E-state index in [1.807, 2.05) is 6.92 Å². The van der Waals surface area contributed by atoms with Crippen molar-refractivity contribution in [3.63, 3.8) is 0 Å². The zero-order valence-corrected chi connectivity index (χ0v) is 13.7. The molecule has 8 nitrogen and oxygen atoms in total. The summed E-state index contributed by atoms with van der Waals surface area (Å²) in [5.74, 6) is 0.390. The van der Waals surface area contributed by atoms with Gasteiger partial charge in [0.05, 0.1) is 12.9 Å². The van der Waals surface area contributed by atoms with Crippen molar-refractivity contribution in [2.45, 2.75) is 13.5 Å². The number of carbonyl (C=O) groups excluding carboxylic acids is 1. The number of pyridine rings is 1. The lowest BCUT2D eigenvalue weighted by Gasteiger charge is -2.05. The molecule has 2 aromatic heterocycles. The monoisotopic (exact) mass is 385 g/mol. The number of nitrogens with two attached hydrogens (primary N) is 1. The number of amides is 1. The highest BCUT2D eigenvalue weighted by atomic mass is 79.9. The average molecular weight is 386 g/mol. The van der Waals surface area contributed by atoms with Crippen LogP contribution in [0.4, 0.5) is 9.18 Å². The Morgan fingerprint density at radius 1 is 1.57 bits per heavy atom. The van der Waals surface area contributed by atoms with Gasteiger partial charge in [0.1, 0.15) is 18.8 Å². The quantitative estimate of drug-likeness (QED) is 0.838. The molecule has 122 valence electrons. The van der Waals surface area contributed by atoms with E-state index in [9.17, 15) is 14.0 Å². The minimum atomic E-state index is -1.03. The van der Waals surface area contributed by atoms with Crippen molar-refractivity contribution < 1.29 is 13.9 Å². The fourth-order valence-corrected chi connectivity index (χ4v) is 1.94. The molecule has 2 aromatic rings. The fraction of sp³-hybridized carbons (Fsp3) is 0.231. The maximum atomic E-state index is 12.8. The molecule has 2 rings (SSSR count). The van der Waals surface area contributed by atoms with Gasteiger partial charge in [-0.2, -0.15) is 5.10 Å². The van der Waals surface area contributed by atoms with Crippen LogP contribution in [0, 0.1) is 6.92 Å². The number of hydrogen-bond donors (Lipinski definition) is 1. The highest BCUT2D eigenvalue weighted by molar-refractivity contribution is 9.10. The van der Waals surface area contributed by atoms with Gasteiger partial charge in [-0.25, -0.2) is 28.2 Å². The molecule has 0 aliphatic rings. The van der Waals surface area contributed by atoms with Gasteiger partial charge in [-0.1, -0.05) is 0 Å². The zero-order valence-electron chi connectivity index (χ0n) is 12.1. The van der Waals surface area contributed by atoms with Crippen molar-refractivity contribution >= 4 is 22.0 Å². The van der Waals surface area contributed by atoms with Gasteiger partial charge in [-0.15, -0.1) is 0 Å². The molecule has 0 aromatic carbocycles. The Balaban J connectivity index is 2.23. The van der Waals surface area contributed by atoms with E-state index in [0.29, 0.717) is 5.82 Å². The Bertz CT molecular complexity index is 814. The summed E-state index contributed by atoms with van der Waals surface area (Å²) in [7, 11) is 0. The molecule has 0 aliphatic heterocycles. The van der Waals surface area contributed by atoms with Gasteiger partial charge in [0, 0.05) is 16.2 Å². The number of halogens is 2. The molecule has 0 fully saturated rings. The normalized spacial score (nSPS) is 11.5. The Kier molecular flexibility index (Phi) is 5.27. The minimum absolute atomic E-state index is 0.0381. The summed E-state index contributed by atoms with van der Waals surface area (Å²) in [5, 5.41) is 3.90. The Hall–Kier alpha value is -2.49. The summed E-state index contributed by atoms with van der Waals surface area (Å²) < 4.78 is 20.3. The molecule has 0 spiro atoms. The predicted octanol–water partition coefficient (Wildman–Crippen LogP) is 1.45. The lowest BCUT2D eigenvalue weighted by Crippen LogP contribution is -2.26. The topological polar surface area (TPSA) is 105 Å². The second kappa shape index (κ2) is 7.18. The standard InChI is InChI=1S/C13H13BrFN5O3/c1-8-2-11(17-4-10(8)14)19-7-18-20(13(19)22)5-9(3-15)6-23-12(16)21/h2-4,7H,5-6H2,1H3,(H2,16,21)/b9-3-. The second-order valence-corrected chi connectivity index (χ2v) is 5.46. The van der Waals surface area contributed by atoms with Gasteiger partial charge in [-0.05, 0) is 34.5 Å². The first-order valence-electron chi connectivity index (χ1n) is 6.39. The van der Waals surface area contributed by atoms with Gasteiger partial charge in [0.2, 0.25) is 0 Å². The molecule has 1 amide bonds. The van der Waals surface area contributed by atoms with Gasteiger partial charge in [-0.3, -0.25) is 0 Å². The molecule has 23 heavy (non-hydrogen) atoms. The summed E-state index contributed by atoms with van der Waals surface area (Å²) >= 11 is 3.33. The minimum Gasteiger partial charge on any atom is -0.445 e. The first-order valence-corrected chi connectivity index (χ1v) is 7.19. The van der Waals surface area contributed by atoms with Crippen molar-refractivity contribution in [1.29, 1.82) is 0 Å². The highest BCUT2D eigenvalue weighted by Gasteiger charge is 2.11. The lowest BCUT2D eigenvalue weighted by molar-refractivity contribution is 0.164. The maximum absolute atomic E-state index is 12.8. The number of ether oxygens (including phenoxy) is 1. The van der Waals surface area contributed by atoms with E-state index in [1.165, 1.54) is 10.9 Å². The van der Waals surface area contributed by atoms with Crippen LogP contribution < -0.4 is 11.4 Å². The summed E-state index contributed by atoms with van der Waals surface area (Å²) in [6.45, 7) is 1.32. The first kappa shape index (κ1) is 16.9. The maximum Gasteiger partial charge on any atom is 0.404 e. The van der Waals surface area contributed by atoms with E-state index in [2.05, 4.69) is 30.7 Å². The third kappa shape index (κ3) is 4.03. The van der Waals surface area contributed by atoms with E-state index in [-0.39, 0.29) is 25.1 Å². The molecule has 0 saturated carbocycles. The molecule has 2 N–H and O–H groups in total. The number of aryl methyl sites for hydroxylation is 1. The van der Waals surface area contributed by atoms with Crippen LogP contribution in [0.3, 0.4) is 0 Å². The molecular weight excluding hydrogens is 373 g/mol. The zero-order chi connectivity index (χ0) is 17.0. The van der Waals surface area contributed by atoms with Crippen LogP contribution in [-0.4, -0.2) is 32.0 Å². The number of hydrogen-bond acceptors (Lipinski definition) is 5. The summed E-state index contributed by atoms with van der Waals surface area (Å²) in [6, 6.07) is 1.71. The van der Waals surface area contributed by atoms with Crippen LogP contribution in [0.2, 0.25) is 0 Å². The van der Waals surface area contributed by atoms with E-state index < -0.39 is 11.8 Å². The van der Waals surface area contributed by atoms with Gasteiger partial charge >= 0.3 is 11.8 Å². The van der Waals surface area contributed by atoms with Crippen LogP contribution >= 0.6 is 15.9 Å². The number of nitrogens with zero attached hydrogens (tertiary/aromatic N) is 4. The van der Waals surface area contributed by atoms with E-state index in [1.54, 1.807) is 12.3 Å². The average Bonchev–Trinajstić information content (AvgIpc) is 2.87. The SMILES string of the molecule is Cc1cc(-n2cnn(C/C(=C/F)COC(N)=O)c2=O)ncc1Br. The largest absolute Gasteiger partial charge is 0.445 e. The van der Waals surface area contributed by atoms with E-state index in [4.69, 9.17) is 5.73 Å². The molecule has 0 unspecified atom stereocenters. The highest BCUT2D eigenvalue weighted by Crippen LogP contribution is 2.16. The van der Waals surface area contributed by atoms with Crippen molar-refractivity contribution in [3.8, 4) is 5.82 Å². The molecule has 0 bridgehead atoms. The van der Waals surface area contributed by atoms with Crippen LogP contribution in [0.15, 0.2) is 39.8 Å². The third-order valence-corrected chi connectivity index (χ3v) is 3.75. The molecule has 2 heterocycles. The summed E-state index contributed by atoms with van der Waals surface area (Å²) in [6.07, 6.45) is 2.07. The number of rotatable bonds is 5. The third-order valence-electron chi connectivity index (χ3n) is 2.92. The summed E-state index contributed by atoms with van der Waals surface area (Å²) in [5.41, 5.74) is 5.25. The molecule has 0 radical (unpaired) electrons. The van der Waals surface area contributed by atoms with Crippen molar-refractivity contribution in [1.82, 2.24) is 19.3 Å². The number of primary amides is 1. The number of carbonyl (C=O) groups is 1. The Morgan fingerprint density at radius 2 is 2.30 bits per heavy atom. The molecule has 10 heteroatoms. The van der Waals surface area contributed by atoms with Gasteiger partial charge in [0.25, 0.3) is 0 Å². The van der Waals surface area contributed by atoms with Gasteiger partial charge in [0.15, 0.2) is 0 Å². The summed E-state index contributed by atoms with van der Waals surface area (Å²) in [4.78, 5) is 27.0. The second-order valence-electron chi connectivity index (χ2n) is 4.61. The van der Waals surface area contributed by atoms with Crippen LogP contribution in [0.5, 0.6) is 0 Å². The van der Waals surface area contributed by atoms with E-state index >= 15 is 0 Å². The number of aromatic nitrogens is 4. The Morgan fingerprint density at radius 3 is 2.91 bits per heavy atom. The first-order chi connectivity index (χ1) is 10.9. The van der Waals surface area contributed by atoms with Crippen molar-refractivity contribution in [3.05, 3.63) is 51.0 Å². The molecular formula is C13H13BrFN5O3. The molecule has 0 aliphatic carbocycles. The van der Waals surface area contributed by atoms with Crippen LogP contribution in [-0.2, 0) is 11.3 Å². The smallest absolute Gasteiger partial charge is 0.404 e. The fourth-order valence-electron chi connectivity index (χ4n) is 1.73. The van der Waals surface area contributed by atoms with Crippen LogP contribution in [0.25, 0.3) is 5.82 Å². The van der Waals surface area contributed by atoms with Crippen molar-refractivity contribution in [2.75, 3.05) is 6.61 Å². The van der Waals surface area contributed by atoms with Crippen LogP contribution in [0.1, 0.15) is 5.56 Å². The predicted molar refractivity (Wildman–Crippen MR) is 82.8 cm³/mol. The molecule has 0 saturated heterocycles. The van der Waals surface area contributed by atoms with Gasteiger partial charge < -0.3 is 10.5 Å². The molecule has 0 atom stereocenters.